The lowest BCUT2D eigenvalue weighted by Crippen LogP contribution is -2.60. The van der Waals surface area contributed by atoms with E-state index in [4.69, 9.17) is 28.8 Å². The summed E-state index contributed by atoms with van der Waals surface area (Å²) in [6, 6.07) is 6.81. The molecule has 1 aliphatic heterocycles. The van der Waals surface area contributed by atoms with E-state index in [0.717, 1.165) is 0 Å². The van der Waals surface area contributed by atoms with E-state index in [1.165, 1.54) is 38.5 Å². The lowest BCUT2D eigenvalue weighted by atomic mass is 9.99. The Hall–Kier alpha value is -3.29. The van der Waals surface area contributed by atoms with Crippen LogP contribution in [0.2, 0.25) is 0 Å². The van der Waals surface area contributed by atoms with Crippen molar-refractivity contribution in [3.63, 3.8) is 0 Å². The molecule has 0 amide bonds. The molecule has 0 aromatic heterocycles. The normalized spacial score (nSPS) is 24.0. The highest BCUT2D eigenvalue weighted by Crippen LogP contribution is 2.37. The van der Waals surface area contributed by atoms with Gasteiger partial charge in [0.1, 0.15) is 31.0 Å². The Labute approximate surface area is 200 Å². The minimum absolute atomic E-state index is 0.0249. The first-order chi connectivity index (χ1) is 16.7. The minimum atomic E-state index is -1.71. The van der Waals surface area contributed by atoms with E-state index in [1.807, 2.05) is 0 Å². The van der Waals surface area contributed by atoms with Gasteiger partial charge in [0, 0.05) is 6.61 Å². The van der Waals surface area contributed by atoms with Crippen LogP contribution >= 0.6 is 0 Å². The quantitative estimate of drug-likeness (QED) is 0.249. The number of ether oxygens (including phenoxy) is 5. The molecule has 12 nitrogen and oxygen atoms in total. The van der Waals surface area contributed by atoms with Crippen LogP contribution in [-0.4, -0.2) is 94.7 Å². The van der Waals surface area contributed by atoms with Gasteiger partial charge in [-0.05, 0) is 36.2 Å². The number of benzene rings is 2. The van der Waals surface area contributed by atoms with Gasteiger partial charge in [-0.15, -0.1) is 0 Å². The van der Waals surface area contributed by atoms with Crippen LogP contribution in [0.1, 0.15) is 15.9 Å². The number of aromatic hydroxyl groups is 2. The van der Waals surface area contributed by atoms with Crippen LogP contribution in [0.5, 0.6) is 28.7 Å². The number of methoxy groups -OCH3 is 2. The zero-order valence-electron chi connectivity index (χ0n) is 19.0. The average Bonchev–Trinajstić information content (AvgIpc) is 2.85. The van der Waals surface area contributed by atoms with E-state index >= 15 is 0 Å². The largest absolute Gasteiger partial charge is 0.504 e. The number of rotatable bonds is 9. The second-order valence-electron chi connectivity index (χ2n) is 7.74. The molecule has 2 aromatic carbocycles. The fourth-order valence-electron chi connectivity index (χ4n) is 3.48. The maximum atomic E-state index is 12.5. The SMILES string of the molecule is COc1cc(C(=O)OCC2OC(Oc3ccc(CCO)cc3O)C(O)C(O)C2O)cc(OC)c1O. The highest BCUT2D eigenvalue weighted by atomic mass is 16.7. The van der Waals surface area contributed by atoms with Gasteiger partial charge in [0.15, 0.2) is 23.0 Å². The van der Waals surface area contributed by atoms with Crippen LogP contribution in [0.4, 0.5) is 0 Å². The number of phenolic OH excluding ortho intramolecular Hbond substituents is 2. The third-order valence-electron chi connectivity index (χ3n) is 5.43. The Morgan fingerprint density at radius 2 is 1.60 bits per heavy atom. The van der Waals surface area contributed by atoms with Crippen molar-refractivity contribution in [2.24, 2.45) is 0 Å². The molecule has 1 fully saturated rings. The maximum absolute atomic E-state index is 12.5. The third kappa shape index (κ3) is 5.86. The molecule has 5 atom stereocenters. The van der Waals surface area contributed by atoms with Crippen molar-refractivity contribution in [1.82, 2.24) is 0 Å². The second-order valence-corrected chi connectivity index (χ2v) is 7.74. The Kier molecular flexibility index (Phi) is 8.59. The standard InChI is InChI=1S/C23H28O12/c1-31-15-8-12(9-16(32-2)18(15)26)22(30)33-10-17-19(27)20(28)21(29)23(35-17)34-14-4-3-11(5-6-24)7-13(14)25/h3-4,7-9,17,19-21,23-29H,5-6,10H2,1-2H3. The summed E-state index contributed by atoms with van der Waals surface area (Å²) >= 11 is 0. The van der Waals surface area contributed by atoms with Crippen molar-refractivity contribution in [1.29, 1.82) is 0 Å². The minimum Gasteiger partial charge on any atom is -0.504 e. The Balaban J connectivity index is 1.70. The Morgan fingerprint density at radius 3 is 2.17 bits per heavy atom. The molecule has 12 heteroatoms. The Bertz CT molecular complexity index is 1000. The third-order valence-corrected chi connectivity index (χ3v) is 5.43. The topological polar surface area (TPSA) is 185 Å². The summed E-state index contributed by atoms with van der Waals surface area (Å²) in [5.41, 5.74) is 0.619. The predicted octanol–water partition coefficient (Wildman–Crippen LogP) is -0.307. The number of aliphatic hydroxyl groups is 4. The summed E-state index contributed by atoms with van der Waals surface area (Å²) in [5.74, 6) is -1.58. The van der Waals surface area contributed by atoms with Crippen molar-refractivity contribution in [2.75, 3.05) is 27.4 Å². The number of carbonyl (C=O) groups excluding carboxylic acids is 1. The summed E-state index contributed by atoms with van der Waals surface area (Å²) in [6.45, 7) is -0.644. The molecule has 1 heterocycles. The van der Waals surface area contributed by atoms with E-state index in [1.54, 1.807) is 6.07 Å². The van der Waals surface area contributed by atoms with Crippen molar-refractivity contribution < 1.29 is 59.1 Å². The summed E-state index contributed by atoms with van der Waals surface area (Å²) < 4.78 is 26.2. The van der Waals surface area contributed by atoms with Crippen LogP contribution in [0.3, 0.4) is 0 Å². The summed E-state index contributed by atoms with van der Waals surface area (Å²) in [7, 11) is 2.58. The number of carbonyl (C=O) groups is 1. The smallest absolute Gasteiger partial charge is 0.338 e. The van der Waals surface area contributed by atoms with E-state index in [9.17, 15) is 30.3 Å². The van der Waals surface area contributed by atoms with E-state index in [-0.39, 0.29) is 40.9 Å². The maximum Gasteiger partial charge on any atom is 0.338 e. The molecule has 2 aromatic rings. The molecular formula is C23H28O12. The van der Waals surface area contributed by atoms with Crippen molar-refractivity contribution >= 4 is 5.97 Å². The van der Waals surface area contributed by atoms with Crippen LogP contribution in [0.15, 0.2) is 30.3 Å². The second kappa shape index (κ2) is 11.4. The summed E-state index contributed by atoms with van der Waals surface area (Å²) in [5, 5.41) is 60.0. The molecule has 0 spiro atoms. The van der Waals surface area contributed by atoms with Gasteiger partial charge >= 0.3 is 5.97 Å². The summed E-state index contributed by atoms with van der Waals surface area (Å²) in [4.78, 5) is 12.5. The highest BCUT2D eigenvalue weighted by molar-refractivity contribution is 5.91. The molecule has 5 unspecified atom stereocenters. The summed E-state index contributed by atoms with van der Waals surface area (Å²) in [6.07, 6.45) is -7.50. The first-order valence-electron chi connectivity index (χ1n) is 10.6. The highest BCUT2D eigenvalue weighted by Gasteiger charge is 2.45. The molecule has 0 aliphatic carbocycles. The first-order valence-corrected chi connectivity index (χ1v) is 10.6. The molecule has 1 saturated heterocycles. The molecule has 6 N–H and O–H groups in total. The van der Waals surface area contributed by atoms with E-state index in [2.05, 4.69) is 0 Å². The zero-order valence-corrected chi connectivity index (χ0v) is 19.0. The number of phenols is 2. The van der Waals surface area contributed by atoms with Crippen LogP contribution in [0.25, 0.3) is 0 Å². The molecule has 192 valence electrons. The van der Waals surface area contributed by atoms with Crippen LogP contribution < -0.4 is 14.2 Å². The molecule has 0 saturated carbocycles. The molecule has 0 bridgehead atoms. The predicted molar refractivity (Wildman–Crippen MR) is 118 cm³/mol. The lowest BCUT2D eigenvalue weighted by Gasteiger charge is -2.39. The van der Waals surface area contributed by atoms with Gasteiger partial charge in [-0.2, -0.15) is 0 Å². The molecule has 1 aliphatic rings. The number of aliphatic hydroxyl groups excluding tert-OH is 4. The number of esters is 1. The number of hydrogen-bond donors (Lipinski definition) is 6. The van der Waals surface area contributed by atoms with Gasteiger partial charge < -0.3 is 54.3 Å². The fourth-order valence-corrected chi connectivity index (χ4v) is 3.48. The van der Waals surface area contributed by atoms with Crippen LogP contribution in [0, 0.1) is 0 Å². The molecule has 3 rings (SSSR count). The van der Waals surface area contributed by atoms with Gasteiger partial charge in [-0.1, -0.05) is 6.07 Å². The van der Waals surface area contributed by atoms with Gasteiger partial charge in [-0.3, -0.25) is 0 Å². The van der Waals surface area contributed by atoms with Gasteiger partial charge in [0.25, 0.3) is 0 Å². The molecule has 35 heavy (non-hydrogen) atoms. The Morgan fingerprint density at radius 1 is 0.943 bits per heavy atom. The van der Waals surface area contributed by atoms with Crippen molar-refractivity contribution in [3.8, 4) is 28.7 Å². The van der Waals surface area contributed by atoms with Crippen molar-refractivity contribution in [2.45, 2.75) is 37.1 Å². The van der Waals surface area contributed by atoms with E-state index < -0.39 is 43.3 Å². The number of hydrogen-bond acceptors (Lipinski definition) is 12. The van der Waals surface area contributed by atoms with Gasteiger partial charge in [0.2, 0.25) is 12.0 Å². The van der Waals surface area contributed by atoms with Gasteiger partial charge in [-0.25, -0.2) is 4.79 Å². The molecular weight excluding hydrogens is 468 g/mol. The lowest BCUT2D eigenvalue weighted by molar-refractivity contribution is -0.277. The molecule has 0 radical (unpaired) electrons. The fraction of sp³-hybridized carbons (Fsp3) is 0.435. The first kappa shape index (κ1) is 26.3. The van der Waals surface area contributed by atoms with E-state index in [0.29, 0.717) is 12.0 Å². The average molecular weight is 496 g/mol. The van der Waals surface area contributed by atoms with Crippen molar-refractivity contribution in [3.05, 3.63) is 41.5 Å². The van der Waals surface area contributed by atoms with Gasteiger partial charge in [0.05, 0.1) is 19.8 Å². The zero-order chi connectivity index (χ0) is 25.7. The monoisotopic (exact) mass is 496 g/mol. The van der Waals surface area contributed by atoms with Crippen LogP contribution in [-0.2, 0) is 15.9 Å².